The summed E-state index contributed by atoms with van der Waals surface area (Å²) >= 11 is 0. The van der Waals surface area contributed by atoms with Crippen LogP contribution in [0.4, 0.5) is 0 Å². The lowest BCUT2D eigenvalue weighted by Crippen LogP contribution is -2.31. The van der Waals surface area contributed by atoms with Crippen LogP contribution in [0.3, 0.4) is 0 Å². The standard InChI is InChI=1S/C21H22N4O5/c1-27-14-8-6-13(7-9-14)18-23-20(30-24-18)16-5-4-12-25(16)21(26)15-10-11-17(28-2)22-19(15)29-3/h6-11,16H,4-5,12H2,1-3H3/t16-/m0/s1. The van der Waals surface area contributed by atoms with Gasteiger partial charge in [0.2, 0.25) is 23.5 Å². The van der Waals surface area contributed by atoms with Gasteiger partial charge in [0.1, 0.15) is 17.4 Å². The molecule has 1 aliphatic heterocycles. The minimum Gasteiger partial charge on any atom is -0.497 e. The molecule has 1 saturated heterocycles. The van der Waals surface area contributed by atoms with Gasteiger partial charge in [-0.3, -0.25) is 4.79 Å². The van der Waals surface area contributed by atoms with E-state index in [2.05, 4.69) is 15.1 Å². The molecule has 1 amide bonds. The van der Waals surface area contributed by atoms with E-state index in [0.29, 0.717) is 29.7 Å². The maximum atomic E-state index is 13.2. The Morgan fingerprint density at radius 1 is 1.03 bits per heavy atom. The highest BCUT2D eigenvalue weighted by Crippen LogP contribution is 2.34. The van der Waals surface area contributed by atoms with Gasteiger partial charge in [-0.25, -0.2) is 0 Å². The molecule has 2 aromatic heterocycles. The van der Waals surface area contributed by atoms with E-state index in [4.69, 9.17) is 18.7 Å². The van der Waals surface area contributed by atoms with Crippen LogP contribution in [-0.4, -0.2) is 53.8 Å². The highest BCUT2D eigenvalue weighted by atomic mass is 16.5. The molecule has 9 nitrogen and oxygen atoms in total. The van der Waals surface area contributed by atoms with E-state index in [0.717, 1.165) is 24.2 Å². The van der Waals surface area contributed by atoms with Crippen molar-refractivity contribution in [2.45, 2.75) is 18.9 Å². The zero-order valence-corrected chi connectivity index (χ0v) is 17.0. The number of methoxy groups -OCH3 is 3. The van der Waals surface area contributed by atoms with Gasteiger partial charge in [-0.1, -0.05) is 5.16 Å². The van der Waals surface area contributed by atoms with Crippen molar-refractivity contribution in [1.29, 1.82) is 0 Å². The molecular weight excluding hydrogens is 388 g/mol. The summed E-state index contributed by atoms with van der Waals surface area (Å²) in [5, 5.41) is 4.09. The van der Waals surface area contributed by atoms with E-state index in [1.165, 1.54) is 14.2 Å². The van der Waals surface area contributed by atoms with Crippen molar-refractivity contribution >= 4 is 5.91 Å². The summed E-state index contributed by atoms with van der Waals surface area (Å²) in [5.41, 5.74) is 1.17. The van der Waals surface area contributed by atoms with Crippen molar-refractivity contribution in [1.82, 2.24) is 20.0 Å². The molecule has 1 aliphatic rings. The third-order valence-electron chi connectivity index (χ3n) is 5.06. The summed E-state index contributed by atoms with van der Waals surface area (Å²) in [4.78, 5) is 23.7. The summed E-state index contributed by atoms with van der Waals surface area (Å²) in [7, 11) is 4.59. The maximum absolute atomic E-state index is 13.2. The van der Waals surface area contributed by atoms with Crippen LogP contribution in [0.25, 0.3) is 11.4 Å². The molecule has 9 heteroatoms. The Labute approximate surface area is 173 Å². The molecule has 30 heavy (non-hydrogen) atoms. The number of benzene rings is 1. The van der Waals surface area contributed by atoms with Gasteiger partial charge in [0, 0.05) is 18.2 Å². The Kier molecular flexibility index (Phi) is 5.51. The summed E-state index contributed by atoms with van der Waals surface area (Å²) in [5.74, 6) is 2.02. The molecule has 3 heterocycles. The molecule has 1 atom stereocenters. The number of hydrogen-bond donors (Lipinski definition) is 0. The number of amides is 1. The zero-order chi connectivity index (χ0) is 21.1. The number of carbonyl (C=O) groups is 1. The molecular formula is C21H22N4O5. The summed E-state index contributed by atoms with van der Waals surface area (Å²) in [6.45, 7) is 0.582. The molecule has 0 aliphatic carbocycles. The Hall–Kier alpha value is -3.62. The van der Waals surface area contributed by atoms with Crippen molar-refractivity contribution in [2.75, 3.05) is 27.9 Å². The third-order valence-corrected chi connectivity index (χ3v) is 5.06. The lowest BCUT2D eigenvalue weighted by molar-refractivity contribution is 0.0705. The Morgan fingerprint density at radius 2 is 1.83 bits per heavy atom. The molecule has 3 aromatic rings. The van der Waals surface area contributed by atoms with E-state index in [1.54, 1.807) is 24.1 Å². The van der Waals surface area contributed by atoms with Crippen LogP contribution < -0.4 is 14.2 Å². The Balaban J connectivity index is 1.58. The van der Waals surface area contributed by atoms with Crippen LogP contribution >= 0.6 is 0 Å². The number of aromatic nitrogens is 3. The number of carbonyl (C=O) groups excluding carboxylic acids is 1. The Morgan fingerprint density at radius 3 is 2.53 bits per heavy atom. The SMILES string of the molecule is COc1ccc(-c2noc([C@@H]3CCCN3C(=O)c3ccc(OC)nc3OC)n2)cc1. The van der Waals surface area contributed by atoms with Crippen LogP contribution in [0.5, 0.6) is 17.5 Å². The summed E-state index contributed by atoms with van der Waals surface area (Å²) in [6.07, 6.45) is 1.57. The van der Waals surface area contributed by atoms with Gasteiger partial charge in [0.05, 0.1) is 21.3 Å². The van der Waals surface area contributed by atoms with Crippen molar-refractivity contribution in [3.8, 4) is 28.9 Å². The number of rotatable bonds is 6. The van der Waals surface area contributed by atoms with Crippen molar-refractivity contribution in [2.24, 2.45) is 0 Å². The van der Waals surface area contributed by atoms with Crippen LogP contribution in [0.15, 0.2) is 40.9 Å². The number of nitrogens with zero attached hydrogens (tertiary/aromatic N) is 4. The van der Waals surface area contributed by atoms with Crippen LogP contribution in [0.1, 0.15) is 35.1 Å². The van der Waals surface area contributed by atoms with Crippen LogP contribution in [0.2, 0.25) is 0 Å². The van der Waals surface area contributed by atoms with Crippen molar-refractivity contribution in [3.63, 3.8) is 0 Å². The maximum Gasteiger partial charge on any atom is 0.260 e. The fourth-order valence-corrected chi connectivity index (χ4v) is 3.50. The molecule has 0 saturated carbocycles. The largest absolute Gasteiger partial charge is 0.497 e. The quantitative estimate of drug-likeness (QED) is 0.611. The molecule has 0 spiro atoms. The van der Waals surface area contributed by atoms with E-state index < -0.39 is 0 Å². The lowest BCUT2D eigenvalue weighted by atomic mass is 10.2. The average molecular weight is 410 g/mol. The molecule has 0 unspecified atom stereocenters. The second kappa shape index (κ2) is 8.40. The molecule has 4 rings (SSSR count). The molecule has 0 N–H and O–H groups in total. The van der Waals surface area contributed by atoms with Gasteiger partial charge in [-0.15, -0.1) is 0 Å². The number of likely N-dealkylation sites (tertiary alicyclic amines) is 1. The average Bonchev–Trinajstić information content (AvgIpc) is 3.48. The topological polar surface area (TPSA) is 99.8 Å². The minimum atomic E-state index is -0.302. The van der Waals surface area contributed by atoms with Crippen molar-refractivity contribution in [3.05, 3.63) is 47.9 Å². The molecule has 0 radical (unpaired) electrons. The highest BCUT2D eigenvalue weighted by molar-refractivity contribution is 5.96. The van der Waals surface area contributed by atoms with Crippen LogP contribution in [-0.2, 0) is 0 Å². The first-order valence-electron chi connectivity index (χ1n) is 9.52. The van der Waals surface area contributed by atoms with Crippen LogP contribution in [0, 0.1) is 0 Å². The van der Waals surface area contributed by atoms with Gasteiger partial charge >= 0.3 is 0 Å². The first-order chi connectivity index (χ1) is 14.6. The number of ether oxygens (including phenoxy) is 3. The normalized spacial score (nSPS) is 15.8. The molecule has 1 aromatic carbocycles. The van der Waals surface area contributed by atoms with E-state index in [1.807, 2.05) is 24.3 Å². The van der Waals surface area contributed by atoms with Gasteiger partial charge in [0.25, 0.3) is 5.91 Å². The second-order valence-electron chi connectivity index (χ2n) is 6.75. The second-order valence-corrected chi connectivity index (χ2v) is 6.75. The number of hydrogen-bond acceptors (Lipinski definition) is 8. The fraction of sp³-hybridized carbons (Fsp3) is 0.333. The van der Waals surface area contributed by atoms with Crippen molar-refractivity contribution < 1.29 is 23.5 Å². The smallest absolute Gasteiger partial charge is 0.260 e. The lowest BCUT2D eigenvalue weighted by Gasteiger charge is -2.22. The highest BCUT2D eigenvalue weighted by Gasteiger charge is 2.36. The fourth-order valence-electron chi connectivity index (χ4n) is 3.50. The van der Waals surface area contributed by atoms with Gasteiger partial charge < -0.3 is 23.6 Å². The van der Waals surface area contributed by atoms with E-state index in [9.17, 15) is 4.79 Å². The monoisotopic (exact) mass is 410 g/mol. The van der Waals surface area contributed by atoms with E-state index >= 15 is 0 Å². The summed E-state index contributed by atoms with van der Waals surface area (Å²) < 4.78 is 21.1. The minimum absolute atomic E-state index is 0.200. The zero-order valence-electron chi connectivity index (χ0n) is 17.0. The van der Waals surface area contributed by atoms with Gasteiger partial charge in [-0.05, 0) is 43.2 Å². The van der Waals surface area contributed by atoms with E-state index in [-0.39, 0.29) is 17.8 Å². The predicted molar refractivity (Wildman–Crippen MR) is 107 cm³/mol. The van der Waals surface area contributed by atoms with Gasteiger partial charge in [0.15, 0.2) is 0 Å². The van der Waals surface area contributed by atoms with Gasteiger partial charge in [-0.2, -0.15) is 9.97 Å². The Bertz CT molecular complexity index is 1030. The number of pyridine rings is 1. The first-order valence-corrected chi connectivity index (χ1v) is 9.52. The molecule has 1 fully saturated rings. The third kappa shape index (κ3) is 3.66. The molecule has 156 valence electrons. The summed E-state index contributed by atoms with van der Waals surface area (Å²) in [6, 6.07) is 10.4. The molecule has 0 bridgehead atoms. The first kappa shape index (κ1) is 19.7. The predicted octanol–water partition coefficient (Wildman–Crippen LogP) is 3.13.